The molecule has 100 valence electrons. The first-order valence-electron chi connectivity index (χ1n) is 6.24. The van der Waals surface area contributed by atoms with E-state index in [-0.39, 0.29) is 0 Å². The molecule has 0 amide bonds. The number of hydrogen-bond acceptors (Lipinski definition) is 2. The number of halogens is 2. The Morgan fingerprint density at radius 3 is 2.80 bits per heavy atom. The first kappa shape index (κ1) is 13.4. The van der Waals surface area contributed by atoms with Gasteiger partial charge in [0.15, 0.2) is 0 Å². The lowest BCUT2D eigenvalue weighted by atomic mass is 10.1. The number of nitrogens with one attached hydrogen (secondary N) is 1. The molecule has 0 spiro atoms. The van der Waals surface area contributed by atoms with Gasteiger partial charge >= 0.3 is 0 Å². The number of rotatable bonds is 3. The van der Waals surface area contributed by atoms with Crippen LogP contribution in [0.1, 0.15) is 5.56 Å². The Morgan fingerprint density at radius 1 is 1.05 bits per heavy atom. The predicted octanol–water partition coefficient (Wildman–Crippen LogP) is 5.26. The van der Waals surface area contributed by atoms with E-state index in [0.717, 1.165) is 22.1 Å². The minimum atomic E-state index is 0.712. The van der Waals surface area contributed by atoms with Gasteiger partial charge in [-0.15, -0.1) is 0 Å². The van der Waals surface area contributed by atoms with Gasteiger partial charge in [0, 0.05) is 28.8 Å². The fourth-order valence-electron chi connectivity index (χ4n) is 2.07. The molecule has 0 bridgehead atoms. The van der Waals surface area contributed by atoms with Crippen molar-refractivity contribution in [2.75, 3.05) is 5.32 Å². The van der Waals surface area contributed by atoms with Crippen LogP contribution in [-0.4, -0.2) is 4.98 Å². The molecule has 20 heavy (non-hydrogen) atoms. The molecular formula is C16H12BrClN2. The van der Waals surface area contributed by atoms with Crippen molar-refractivity contribution in [1.82, 2.24) is 4.98 Å². The highest BCUT2D eigenvalue weighted by atomic mass is 79.9. The number of anilines is 1. The number of nitrogens with zero attached hydrogens (tertiary/aromatic N) is 1. The summed E-state index contributed by atoms with van der Waals surface area (Å²) < 4.78 is 0.978. The number of benzene rings is 2. The van der Waals surface area contributed by atoms with E-state index in [2.05, 4.69) is 44.4 Å². The summed E-state index contributed by atoms with van der Waals surface area (Å²) in [4.78, 5) is 4.12. The van der Waals surface area contributed by atoms with E-state index in [4.69, 9.17) is 11.6 Å². The van der Waals surface area contributed by atoms with Crippen LogP contribution in [-0.2, 0) is 6.54 Å². The highest BCUT2D eigenvalue weighted by molar-refractivity contribution is 9.10. The summed E-state index contributed by atoms with van der Waals surface area (Å²) in [7, 11) is 0. The molecule has 3 aromatic rings. The first-order chi connectivity index (χ1) is 9.72. The van der Waals surface area contributed by atoms with Crippen molar-refractivity contribution in [3.63, 3.8) is 0 Å². The Hall–Kier alpha value is -1.58. The number of pyridine rings is 1. The third-order valence-electron chi connectivity index (χ3n) is 3.12. The molecule has 1 heterocycles. The number of fused-ring (bicyclic) bond motifs is 1. The molecule has 2 nitrogen and oxygen atoms in total. The number of aromatic nitrogens is 1. The highest BCUT2D eigenvalue weighted by Crippen LogP contribution is 2.26. The molecule has 0 atom stereocenters. The molecule has 1 N–H and O–H groups in total. The molecule has 2 aromatic carbocycles. The van der Waals surface area contributed by atoms with Gasteiger partial charge in [0.1, 0.15) is 0 Å². The fourth-order valence-corrected chi connectivity index (χ4v) is 2.81. The van der Waals surface area contributed by atoms with Crippen LogP contribution < -0.4 is 5.32 Å². The van der Waals surface area contributed by atoms with Crippen molar-refractivity contribution in [1.29, 1.82) is 0 Å². The van der Waals surface area contributed by atoms with Gasteiger partial charge in [0.25, 0.3) is 0 Å². The zero-order valence-corrected chi connectivity index (χ0v) is 12.9. The molecule has 4 heteroatoms. The molecule has 3 rings (SSSR count). The Morgan fingerprint density at radius 2 is 1.95 bits per heavy atom. The SMILES string of the molecule is Clc1cc(Br)ccc1NCc1ccc2cnccc2c1. The Bertz CT molecular complexity index is 758. The van der Waals surface area contributed by atoms with Crippen LogP contribution in [0.15, 0.2) is 59.3 Å². The summed E-state index contributed by atoms with van der Waals surface area (Å²) in [5.74, 6) is 0. The average molecular weight is 348 g/mol. The summed E-state index contributed by atoms with van der Waals surface area (Å²) in [6, 6.07) is 14.2. The minimum Gasteiger partial charge on any atom is -0.380 e. The van der Waals surface area contributed by atoms with Gasteiger partial charge in [-0.3, -0.25) is 4.98 Å². The number of hydrogen-bond donors (Lipinski definition) is 1. The molecule has 0 saturated carbocycles. The highest BCUT2D eigenvalue weighted by Gasteiger charge is 2.01. The molecule has 0 unspecified atom stereocenters. The van der Waals surface area contributed by atoms with E-state index in [0.29, 0.717) is 5.02 Å². The summed E-state index contributed by atoms with van der Waals surface area (Å²) in [5, 5.41) is 6.41. The van der Waals surface area contributed by atoms with Gasteiger partial charge in [-0.25, -0.2) is 0 Å². The van der Waals surface area contributed by atoms with Gasteiger partial charge in [0.2, 0.25) is 0 Å². The van der Waals surface area contributed by atoms with Crippen molar-refractivity contribution < 1.29 is 0 Å². The quantitative estimate of drug-likeness (QED) is 0.699. The second-order valence-corrected chi connectivity index (χ2v) is 5.86. The van der Waals surface area contributed by atoms with Crippen molar-refractivity contribution in [3.8, 4) is 0 Å². The topological polar surface area (TPSA) is 24.9 Å². The largest absolute Gasteiger partial charge is 0.380 e. The standard InChI is InChI=1S/C16H12BrClN2/c17-14-3-4-16(15(18)8-14)20-9-11-1-2-13-10-19-6-5-12(13)7-11/h1-8,10,20H,9H2. The molecule has 0 fully saturated rings. The maximum atomic E-state index is 6.19. The molecule has 0 aliphatic rings. The zero-order chi connectivity index (χ0) is 13.9. The monoisotopic (exact) mass is 346 g/mol. The second-order valence-electron chi connectivity index (χ2n) is 4.53. The summed E-state index contributed by atoms with van der Waals surface area (Å²) in [6.07, 6.45) is 3.68. The molecule has 1 aromatic heterocycles. The van der Waals surface area contributed by atoms with Crippen LogP contribution in [0, 0.1) is 0 Å². The van der Waals surface area contributed by atoms with Crippen LogP contribution in [0.4, 0.5) is 5.69 Å². The van der Waals surface area contributed by atoms with Crippen LogP contribution >= 0.6 is 27.5 Å². The van der Waals surface area contributed by atoms with E-state index in [9.17, 15) is 0 Å². The van der Waals surface area contributed by atoms with E-state index >= 15 is 0 Å². The summed E-state index contributed by atoms with van der Waals surface area (Å²) in [5.41, 5.74) is 2.15. The van der Waals surface area contributed by atoms with Crippen LogP contribution in [0.2, 0.25) is 5.02 Å². The summed E-state index contributed by atoms with van der Waals surface area (Å²) >= 11 is 9.59. The van der Waals surface area contributed by atoms with Crippen LogP contribution in [0.5, 0.6) is 0 Å². The minimum absolute atomic E-state index is 0.712. The molecule has 0 aliphatic heterocycles. The van der Waals surface area contributed by atoms with Crippen molar-refractivity contribution in [3.05, 3.63) is 69.9 Å². The average Bonchev–Trinajstić information content (AvgIpc) is 2.46. The van der Waals surface area contributed by atoms with E-state index in [1.165, 1.54) is 10.9 Å². The first-order valence-corrected chi connectivity index (χ1v) is 7.41. The van der Waals surface area contributed by atoms with Gasteiger partial charge in [-0.2, -0.15) is 0 Å². The molecule has 0 radical (unpaired) electrons. The normalized spacial score (nSPS) is 10.7. The lowest BCUT2D eigenvalue weighted by Gasteiger charge is -2.09. The fraction of sp³-hybridized carbons (Fsp3) is 0.0625. The second kappa shape index (κ2) is 5.81. The maximum absolute atomic E-state index is 6.19. The molecule has 0 aliphatic carbocycles. The third kappa shape index (κ3) is 2.94. The lowest BCUT2D eigenvalue weighted by molar-refractivity contribution is 1.15. The van der Waals surface area contributed by atoms with Crippen molar-refractivity contribution in [2.45, 2.75) is 6.54 Å². The van der Waals surface area contributed by atoms with Crippen LogP contribution in [0.3, 0.4) is 0 Å². The zero-order valence-electron chi connectivity index (χ0n) is 10.6. The molecular weight excluding hydrogens is 336 g/mol. The summed E-state index contributed by atoms with van der Waals surface area (Å²) in [6.45, 7) is 0.736. The van der Waals surface area contributed by atoms with Gasteiger partial charge in [0.05, 0.1) is 10.7 Å². The predicted molar refractivity (Wildman–Crippen MR) is 88.2 cm³/mol. The van der Waals surface area contributed by atoms with E-state index in [1.54, 1.807) is 0 Å². The smallest absolute Gasteiger partial charge is 0.0648 e. The lowest BCUT2D eigenvalue weighted by Crippen LogP contribution is -1.99. The third-order valence-corrected chi connectivity index (χ3v) is 3.93. The van der Waals surface area contributed by atoms with E-state index < -0.39 is 0 Å². The Kier molecular flexibility index (Phi) is 3.90. The van der Waals surface area contributed by atoms with E-state index in [1.807, 2.05) is 36.7 Å². The Labute approximate surface area is 130 Å². The van der Waals surface area contributed by atoms with Crippen LogP contribution in [0.25, 0.3) is 10.8 Å². The maximum Gasteiger partial charge on any atom is 0.0648 e. The van der Waals surface area contributed by atoms with Crippen molar-refractivity contribution in [2.24, 2.45) is 0 Å². The van der Waals surface area contributed by atoms with Crippen molar-refractivity contribution >= 4 is 44.0 Å². The van der Waals surface area contributed by atoms with Gasteiger partial charge < -0.3 is 5.32 Å². The molecule has 0 saturated heterocycles. The Balaban J connectivity index is 1.79. The van der Waals surface area contributed by atoms with Gasteiger partial charge in [-0.05, 0) is 41.3 Å². The van der Waals surface area contributed by atoms with Gasteiger partial charge in [-0.1, -0.05) is 39.7 Å².